The van der Waals surface area contributed by atoms with Crippen LogP contribution in [0.25, 0.3) is 0 Å². The van der Waals surface area contributed by atoms with Crippen LogP contribution in [0.2, 0.25) is 0 Å². The summed E-state index contributed by atoms with van der Waals surface area (Å²) in [6.07, 6.45) is 6.59. The fourth-order valence-corrected chi connectivity index (χ4v) is 5.20. The molecular weight excluding hydrogens is 284 g/mol. The summed E-state index contributed by atoms with van der Waals surface area (Å²) in [6.45, 7) is 3.31. The van der Waals surface area contributed by atoms with Crippen molar-refractivity contribution in [3.63, 3.8) is 0 Å². The highest BCUT2D eigenvalue weighted by Gasteiger charge is 2.32. The van der Waals surface area contributed by atoms with Gasteiger partial charge < -0.3 is 5.73 Å². The van der Waals surface area contributed by atoms with Gasteiger partial charge in [-0.25, -0.2) is 12.7 Å². The van der Waals surface area contributed by atoms with Crippen LogP contribution in [0.4, 0.5) is 0 Å². The zero-order valence-electron chi connectivity index (χ0n) is 11.8. The first-order chi connectivity index (χ1) is 8.49. The third-order valence-corrected chi connectivity index (χ3v) is 6.49. The van der Waals surface area contributed by atoms with Crippen molar-refractivity contribution >= 4 is 22.4 Å². The minimum absolute atomic E-state index is 0. The molecule has 2 unspecified atom stereocenters. The van der Waals surface area contributed by atoms with E-state index in [4.69, 9.17) is 5.73 Å². The van der Waals surface area contributed by atoms with Gasteiger partial charge in [-0.2, -0.15) is 0 Å². The third-order valence-electron chi connectivity index (χ3n) is 4.48. The standard InChI is InChI=1S/C13H26N2O2S.ClH/c1-11(14)13-7-4-8-15(9-13)18(16,17)10-12-5-2-3-6-12;/h11-13H,2-10,14H2,1H3;1H. The number of rotatable bonds is 4. The average molecular weight is 311 g/mol. The molecule has 0 aromatic rings. The lowest BCUT2D eigenvalue weighted by molar-refractivity contribution is 0.242. The Morgan fingerprint density at radius 2 is 1.84 bits per heavy atom. The number of piperidine rings is 1. The second-order valence-corrected chi connectivity index (χ2v) is 8.06. The molecule has 0 amide bonds. The third kappa shape index (κ3) is 4.59. The van der Waals surface area contributed by atoms with E-state index in [1.807, 2.05) is 6.92 Å². The Morgan fingerprint density at radius 1 is 1.21 bits per heavy atom. The van der Waals surface area contributed by atoms with E-state index in [-0.39, 0.29) is 18.4 Å². The number of halogens is 1. The van der Waals surface area contributed by atoms with Gasteiger partial charge >= 0.3 is 0 Å². The Bertz CT molecular complexity index is 367. The molecule has 6 heteroatoms. The van der Waals surface area contributed by atoms with Gasteiger partial charge in [0.05, 0.1) is 5.75 Å². The van der Waals surface area contributed by atoms with Gasteiger partial charge in [0.25, 0.3) is 0 Å². The summed E-state index contributed by atoms with van der Waals surface area (Å²) in [5.41, 5.74) is 5.91. The number of hydrogen-bond donors (Lipinski definition) is 1. The zero-order chi connectivity index (χ0) is 13.2. The molecule has 1 saturated carbocycles. The lowest BCUT2D eigenvalue weighted by Crippen LogP contribution is -2.46. The van der Waals surface area contributed by atoms with Crippen molar-refractivity contribution in [2.24, 2.45) is 17.6 Å². The summed E-state index contributed by atoms with van der Waals surface area (Å²) >= 11 is 0. The quantitative estimate of drug-likeness (QED) is 0.863. The average Bonchev–Trinajstić information content (AvgIpc) is 2.81. The fourth-order valence-electron chi connectivity index (χ4n) is 3.24. The Morgan fingerprint density at radius 3 is 2.42 bits per heavy atom. The van der Waals surface area contributed by atoms with Crippen LogP contribution in [0.3, 0.4) is 0 Å². The summed E-state index contributed by atoms with van der Waals surface area (Å²) in [5, 5.41) is 0. The van der Waals surface area contributed by atoms with Gasteiger partial charge in [-0.15, -0.1) is 12.4 Å². The summed E-state index contributed by atoms with van der Waals surface area (Å²) in [6, 6.07) is 0.0921. The van der Waals surface area contributed by atoms with E-state index in [0.29, 0.717) is 30.7 Å². The number of sulfonamides is 1. The first kappa shape index (κ1) is 17.2. The van der Waals surface area contributed by atoms with Crippen molar-refractivity contribution < 1.29 is 8.42 Å². The van der Waals surface area contributed by atoms with E-state index in [1.165, 1.54) is 12.8 Å². The number of hydrogen-bond acceptors (Lipinski definition) is 3. The largest absolute Gasteiger partial charge is 0.328 e. The van der Waals surface area contributed by atoms with E-state index in [1.54, 1.807) is 4.31 Å². The maximum absolute atomic E-state index is 12.4. The molecule has 1 aliphatic carbocycles. The first-order valence-corrected chi connectivity index (χ1v) is 8.83. The van der Waals surface area contributed by atoms with Gasteiger partial charge in [-0.1, -0.05) is 12.8 Å². The highest BCUT2D eigenvalue weighted by atomic mass is 35.5. The van der Waals surface area contributed by atoms with Crippen LogP contribution in [0, 0.1) is 11.8 Å². The SMILES string of the molecule is CC(N)C1CCCN(S(=O)(=O)CC2CCCC2)C1.Cl. The lowest BCUT2D eigenvalue weighted by atomic mass is 9.93. The fraction of sp³-hybridized carbons (Fsp3) is 1.00. The topological polar surface area (TPSA) is 63.4 Å². The van der Waals surface area contributed by atoms with Crippen LogP contribution < -0.4 is 5.73 Å². The monoisotopic (exact) mass is 310 g/mol. The van der Waals surface area contributed by atoms with Crippen LogP contribution >= 0.6 is 12.4 Å². The maximum Gasteiger partial charge on any atom is 0.214 e. The molecule has 0 aromatic carbocycles. The molecule has 2 atom stereocenters. The van der Waals surface area contributed by atoms with Gasteiger partial charge in [0.2, 0.25) is 10.0 Å². The zero-order valence-corrected chi connectivity index (χ0v) is 13.4. The van der Waals surface area contributed by atoms with Crippen molar-refractivity contribution in [1.82, 2.24) is 4.31 Å². The van der Waals surface area contributed by atoms with Gasteiger partial charge in [0, 0.05) is 19.1 Å². The van der Waals surface area contributed by atoms with Crippen LogP contribution in [0.15, 0.2) is 0 Å². The van der Waals surface area contributed by atoms with Crippen LogP contribution in [-0.2, 0) is 10.0 Å². The van der Waals surface area contributed by atoms with E-state index >= 15 is 0 Å². The van der Waals surface area contributed by atoms with E-state index < -0.39 is 10.0 Å². The second-order valence-electron chi connectivity index (χ2n) is 6.05. The molecular formula is C13H27ClN2O2S. The molecule has 2 rings (SSSR count). The number of nitrogens with two attached hydrogens (primary N) is 1. The predicted octanol–water partition coefficient (Wildman–Crippen LogP) is 1.99. The van der Waals surface area contributed by atoms with Crippen molar-refractivity contribution in [3.8, 4) is 0 Å². The summed E-state index contributed by atoms with van der Waals surface area (Å²) in [7, 11) is -3.06. The first-order valence-electron chi connectivity index (χ1n) is 7.22. The molecule has 19 heavy (non-hydrogen) atoms. The molecule has 1 saturated heterocycles. The van der Waals surface area contributed by atoms with Gasteiger partial charge in [-0.05, 0) is 44.4 Å². The van der Waals surface area contributed by atoms with Crippen molar-refractivity contribution in [3.05, 3.63) is 0 Å². The van der Waals surface area contributed by atoms with Gasteiger partial charge in [0.15, 0.2) is 0 Å². The minimum atomic E-state index is -3.06. The van der Waals surface area contributed by atoms with E-state index in [2.05, 4.69) is 0 Å². The molecule has 0 radical (unpaired) electrons. The van der Waals surface area contributed by atoms with Crippen molar-refractivity contribution in [2.75, 3.05) is 18.8 Å². The normalized spacial score (nSPS) is 28.0. The van der Waals surface area contributed by atoms with Crippen molar-refractivity contribution in [1.29, 1.82) is 0 Å². The molecule has 1 aliphatic heterocycles. The second kappa shape index (κ2) is 7.25. The summed E-state index contributed by atoms with van der Waals surface area (Å²) in [4.78, 5) is 0. The van der Waals surface area contributed by atoms with Gasteiger partial charge in [0.1, 0.15) is 0 Å². The Hall–Kier alpha value is 0.160. The van der Waals surface area contributed by atoms with Crippen LogP contribution in [0.5, 0.6) is 0 Å². The van der Waals surface area contributed by atoms with Crippen LogP contribution in [-0.4, -0.2) is 37.6 Å². The summed E-state index contributed by atoms with van der Waals surface area (Å²) < 4.78 is 26.5. The van der Waals surface area contributed by atoms with Gasteiger partial charge in [-0.3, -0.25) is 0 Å². The molecule has 2 aliphatic rings. The Labute approximate surface area is 123 Å². The maximum atomic E-state index is 12.4. The molecule has 4 nitrogen and oxygen atoms in total. The molecule has 0 spiro atoms. The highest BCUT2D eigenvalue weighted by molar-refractivity contribution is 7.89. The molecule has 114 valence electrons. The van der Waals surface area contributed by atoms with Crippen LogP contribution in [0.1, 0.15) is 45.4 Å². The Balaban J connectivity index is 0.00000180. The number of nitrogens with zero attached hydrogens (tertiary/aromatic N) is 1. The van der Waals surface area contributed by atoms with E-state index in [9.17, 15) is 8.42 Å². The molecule has 0 aromatic heterocycles. The molecule has 1 heterocycles. The highest BCUT2D eigenvalue weighted by Crippen LogP contribution is 2.28. The molecule has 2 fully saturated rings. The van der Waals surface area contributed by atoms with Crippen molar-refractivity contribution in [2.45, 2.75) is 51.5 Å². The minimum Gasteiger partial charge on any atom is -0.328 e. The van der Waals surface area contributed by atoms with E-state index in [0.717, 1.165) is 25.7 Å². The molecule has 2 N–H and O–H groups in total. The smallest absolute Gasteiger partial charge is 0.214 e. The molecule has 0 bridgehead atoms. The lowest BCUT2D eigenvalue weighted by Gasteiger charge is -2.34. The summed E-state index contributed by atoms with van der Waals surface area (Å²) in [5.74, 6) is 1.08. The predicted molar refractivity (Wildman–Crippen MR) is 80.9 cm³/mol. The Kier molecular flexibility index (Phi) is 6.57.